The van der Waals surface area contributed by atoms with Crippen LogP contribution < -0.4 is 0 Å². The van der Waals surface area contributed by atoms with Gasteiger partial charge in [-0.25, -0.2) is 4.98 Å². The molecule has 0 aromatic carbocycles. The van der Waals surface area contributed by atoms with Gasteiger partial charge in [-0.05, 0) is 19.3 Å². The molecule has 1 rings (SSSR count). The summed E-state index contributed by atoms with van der Waals surface area (Å²) in [5.41, 5.74) is 1.12. The maximum Gasteiger partial charge on any atom is 0.194 e. The molecule has 0 aliphatic heterocycles. The zero-order chi connectivity index (χ0) is 10.2. The Balaban J connectivity index is 2.27. The summed E-state index contributed by atoms with van der Waals surface area (Å²) >= 11 is 0. The molecule has 0 saturated heterocycles. The van der Waals surface area contributed by atoms with Crippen molar-refractivity contribution in [2.45, 2.75) is 58.8 Å². The molecule has 2 heteroatoms. The average molecular weight is 195 g/mol. The van der Waals surface area contributed by atoms with E-state index in [2.05, 4.69) is 18.8 Å². The summed E-state index contributed by atoms with van der Waals surface area (Å²) in [4.78, 5) is 4.45. The topological polar surface area (TPSA) is 26.0 Å². The highest BCUT2D eigenvalue weighted by Crippen LogP contribution is 2.09. The van der Waals surface area contributed by atoms with Crippen LogP contribution in [0.15, 0.2) is 10.7 Å². The third kappa shape index (κ3) is 3.95. The molecule has 1 aromatic rings. The highest BCUT2D eigenvalue weighted by molar-refractivity contribution is 4.96. The molecule has 0 spiro atoms. The summed E-state index contributed by atoms with van der Waals surface area (Å²) in [6, 6.07) is 0. The van der Waals surface area contributed by atoms with Crippen LogP contribution in [-0.2, 0) is 12.8 Å². The lowest BCUT2D eigenvalue weighted by Crippen LogP contribution is -1.88. The quantitative estimate of drug-likeness (QED) is 0.619. The van der Waals surface area contributed by atoms with Crippen LogP contribution in [0.5, 0.6) is 0 Å². The van der Waals surface area contributed by atoms with Crippen molar-refractivity contribution in [1.29, 1.82) is 0 Å². The minimum atomic E-state index is 0.921. The number of hydrogen-bond acceptors (Lipinski definition) is 2. The summed E-state index contributed by atoms with van der Waals surface area (Å²) in [7, 11) is 0. The SMILES string of the molecule is CCCCCc1nc(CCCC)co1. The van der Waals surface area contributed by atoms with Crippen LogP contribution in [0.2, 0.25) is 0 Å². The smallest absolute Gasteiger partial charge is 0.194 e. The third-order valence-electron chi connectivity index (χ3n) is 2.38. The van der Waals surface area contributed by atoms with Gasteiger partial charge in [0.15, 0.2) is 5.89 Å². The van der Waals surface area contributed by atoms with Crippen LogP contribution in [0, 0.1) is 0 Å². The molecule has 1 aromatic heterocycles. The summed E-state index contributed by atoms with van der Waals surface area (Å²) < 4.78 is 5.40. The molecular formula is C12H21NO. The summed E-state index contributed by atoms with van der Waals surface area (Å²) in [6.45, 7) is 4.41. The van der Waals surface area contributed by atoms with Gasteiger partial charge in [0.25, 0.3) is 0 Å². The largest absolute Gasteiger partial charge is 0.449 e. The Morgan fingerprint density at radius 3 is 2.57 bits per heavy atom. The van der Waals surface area contributed by atoms with E-state index in [9.17, 15) is 0 Å². The van der Waals surface area contributed by atoms with Gasteiger partial charge in [-0.3, -0.25) is 0 Å². The molecule has 2 nitrogen and oxygen atoms in total. The van der Waals surface area contributed by atoms with Crippen molar-refractivity contribution in [3.8, 4) is 0 Å². The van der Waals surface area contributed by atoms with Gasteiger partial charge in [-0.15, -0.1) is 0 Å². The van der Waals surface area contributed by atoms with E-state index in [1.807, 2.05) is 6.26 Å². The monoisotopic (exact) mass is 195 g/mol. The van der Waals surface area contributed by atoms with Gasteiger partial charge in [-0.1, -0.05) is 33.1 Å². The molecule has 14 heavy (non-hydrogen) atoms. The fourth-order valence-corrected chi connectivity index (χ4v) is 1.46. The van der Waals surface area contributed by atoms with Gasteiger partial charge in [0.1, 0.15) is 6.26 Å². The molecule has 1 heterocycles. The maximum absolute atomic E-state index is 5.40. The van der Waals surface area contributed by atoms with E-state index in [1.54, 1.807) is 0 Å². The second kappa shape index (κ2) is 6.63. The van der Waals surface area contributed by atoms with Crippen LogP contribution in [0.1, 0.15) is 57.5 Å². The van der Waals surface area contributed by atoms with Crippen molar-refractivity contribution in [1.82, 2.24) is 4.98 Å². The van der Waals surface area contributed by atoms with Crippen molar-refractivity contribution in [3.05, 3.63) is 17.8 Å². The first-order valence-corrected chi connectivity index (χ1v) is 5.80. The lowest BCUT2D eigenvalue weighted by atomic mass is 10.2. The van der Waals surface area contributed by atoms with E-state index < -0.39 is 0 Å². The van der Waals surface area contributed by atoms with Gasteiger partial charge in [-0.2, -0.15) is 0 Å². The fraction of sp³-hybridized carbons (Fsp3) is 0.750. The zero-order valence-corrected chi connectivity index (χ0v) is 9.38. The number of unbranched alkanes of at least 4 members (excludes halogenated alkanes) is 3. The normalized spacial score (nSPS) is 10.7. The van der Waals surface area contributed by atoms with E-state index in [1.165, 1.54) is 32.1 Å². The second-order valence-corrected chi connectivity index (χ2v) is 3.79. The summed E-state index contributed by atoms with van der Waals surface area (Å²) in [6.07, 6.45) is 10.0. The molecule has 80 valence electrons. The van der Waals surface area contributed by atoms with Crippen LogP contribution in [0.25, 0.3) is 0 Å². The number of oxazole rings is 1. The van der Waals surface area contributed by atoms with Crippen molar-refractivity contribution in [3.63, 3.8) is 0 Å². The van der Waals surface area contributed by atoms with Gasteiger partial charge >= 0.3 is 0 Å². The van der Waals surface area contributed by atoms with Gasteiger partial charge in [0.05, 0.1) is 5.69 Å². The van der Waals surface area contributed by atoms with E-state index >= 15 is 0 Å². The fourth-order valence-electron chi connectivity index (χ4n) is 1.46. The Hall–Kier alpha value is -0.790. The second-order valence-electron chi connectivity index (χ2n) is 3.79. The van der Waals surface area contributed by atoms with Crippen molar-refractivity contribution in [2.75, 3.05) is 0 Å². The Kier molecular flexibility index (Phi) is 5.35. The van der Waals surface area contributed by atoms with Crippen LogP contribution in [-0.4, -0.2) is 4.98 Å². The third-order valence-corrected chi connectivity index (χ3v) is 2.38. The zero-order valence-electron chi connectivity index (χ0n) is 9.38. The molecule has 0 fully saturated rings. The van der Waals surface area contributed by atoms with Crippen molar-refractivity contribution in [2.24, 2.45) is 0 Å². The Morgan fingerprint density at radius 2 is 1.86 bits per heavy atom. The highest BCUT2D eigenvalue weighted by atomic mass is 16.3. The number of rotatable bonds is 7. The van der Waals surface area contributed by atoms with Gasteiger partial charge in [0, 0.05) is 6.42 Å². The molecule has 0 unspecified atom stereocenters. The molecule has 0 aliphatic carbocycles. The standard InChI is InChI=1S/C12H21NO/c1-3-5-7-9-12-13-11(10-14-12)8-6-4-2/h10H,3-9H2,1-2H3. The summed E-state index contributed by atoms with van der Waals surface area (Å²) in [5.74, 6) is 0.921. The van der Waals surface area contributed by atoms with Gasteiger partial charge in [0.2, 0.25) is 0 Å². The molecule has 0 aliphatic rings. The van der Waals surface area contributed by atoms with Crippen LogP contribution in [0.3, 0.4) is 0 Å². The molecule has 0 amide bonds. The Morgan fingerprint density at radius 1 is 1.07 bits per heavy atom. The van der Waals surface area contributed by atoms with Crippen molar-refractivity contribution >= 4 is 0 Å². The number of hydrogen-bond donors (Lipinski definition) is 0. The van der Waals surface area contributed by atoms with E-state index in [-0.39, 0.29) is 0 Å². The molecule has 0 bridgehead atoms. The molecule has 0 saturated carbocycles. The van der Waals surface area contributed by atoms with E-state index in [0.29, 0.717) is 0 Å². The minimum absolute atomic E-state index is 0.921. The summed E-state index contributed by atoms with van der Waals surface area (Å²) in [5, 5.41) is 0. The molecule has 0 N–H and O–H groups in total. The first-order valence-electron chi connectivity index (χ1n) is 5.80. The lowest BCUT2D eigenvalue weighted by molar-refractivity contribution is 0.482. The van der Waals surface area contributed by atoms with Crippen molar-refractivity contribution < 1.29 is 4.42 Å². The minimum Gasteiger partial charge on any atom is -0.449 e. The lowest BCUT2D eigenvalue weighted by Gasteiger charge is -1.93. The van der Waals surface area contributed by atoms with E-state index in [4.69, 9.17) is 4.42 Å². The maximum atomic E-state index is 5.40. The molecular weight excluding hydrogens is 174 g/mol. The molecule has 0 atom stereocenters. The molecule has 0 radical (unpaired) electrons. The van der Waals surface area contributed by atoms with Crippen LogP contribution >= 0.6 is 0 Å². The first kappa shape index (κ1) is 11.3. The number of aryl methyl sites for hydroxylation is 2. The first-order chi connectivity index (χ1) is 6.86. The van der Waals surface area contributed by atoms with E-state index in [0.717, 1.165) is 24.4 Å². The predicted molar refractivity (Wildman–Crippen MR) is 58.3 cm³/mol. The Bertz CT molecular complexity index is 242. The van der Waals surface area contributed by atoms with Gasteiger partial charge < -0.3 is 4.42 Å². The number of nitrogens with zero attached hydrogens (tertiary/aromatic N) is 1. The number of aromatic nitrogens is 1. The average Bonchev–Trinajstić information content (AvgIpc) is 2.63. The highest BCUT2D eigenvalue weighted by Gasteiger charge is 2.02. The van der Waals surface area contributed by atoms with Crippen LogP contribution in [0.4, 0.5) is 0 Å². The predicted octanol–water partition coefficient (Wildman–Crippen LogP) is 3.75. The Labute approximate surface area is 86.7 Å².